The first-order valence-corrected chi connectivity index (χ1v) is 7.42. The van der Waals surface area contributed by atoms with Crippen molar-refractivity contribution >= 4 is 10.9 Å². The Bertz CT molecular complexity index is 318. The van der Waals surface area contributed by atoms with E-state index >= 15 is 0 Å². The molecule has 0 spiro atoms. The Morgan fingerprint density at radius 3 is 1.88 bits per heavy atom. The number of hydrogen-bond acceptors (Lipinski definition) is 0. The topological polar surface area (TPSA) is 0 Å². The molecule has 1 aromatic rings. The van der Waals surface area contributed by atoms with Crippen molar-refractivity contribution in [2.24, 2.45) is 0 Å². The molecule has 1 saturated heterocycles. The lowest BCUT2D eigenvalue weighted by atomic mass is 9.87. The van der Waals surface area contributed by atoms with E-state index in [1.54, 1.807) is 4.90 Å². The third kappa shape index (κ3) is 3.27. The average Bonchev–Trinajstić information content (AvgIpc) is 2.69. The molecular formula is C14H21BrS. The van der Waals surface area contributed by atoms with Crippen molar-refractivity contribution < 1.29 is 17.0 Å². The zero-order valence-corrected chi connectivity index (χ0v) is 12.8. The number of rotatable bonds is 1. The largest absolute Gasteiger partial charge is 1.00 e. The van der Waals surface area contributed by atoms with Crippen LogP contribution in [0, 0.1) is 0 Å². The first-order chi connectivity index (χ1) is 7.07. The third-order valence-electron chi connectivity index (χ3n) is 3.09. The molecule has 0 radical (unpaired) electrons. The van der Waals surface area contributed by atoms with Crippen LogP contribution in [0.2, 0.25) is 0 Å². The fourth-order valence-corrected chi connectivity index (χ4v) is 4.34. The maximum Gasteiger partial charge on any atom is 0.154 e. The van der Waals surface area contributed by atoms with Crippen molar-refractivity contribution in [1.82, 2.24) is 0 Å². The van der Waals surface area contributed by atoms with Crippen LogP contribution in [-0.4, -0.2) is 11.5 Å². The standard InChI is InChI=1S/C14H21S.BrH/c1-14(2,3)12-6-8-13(9-7-12)15-10-4-5-11-15;/h6-9H,4-5,10-11H2,1-3H3;1H/q+1;/p-1. The van der Waals surface area contributed by atoms with E-state index in [2.05, 4.69) is 45.0 Å². The summed E-state index contributed by atoms with van der Waals surface area (Å²) in [5.41, 5.74) is 1.74. The minimum absolute atomic E-state index is 0. The molecule has 2 heteroatoms. The number of hydrogen-bond donors (Lipinski definition) is 0. The van der Waals surface area contributed by atoms with E-state index in [-0.39, 0.29) is 22.4 Å². The van der Waals surface area contributed by atoms with Crippen LogP contribution in [0.1, 0.15) is 39.2 Å². The van der Waals surface area contributed by atoms with Crippen molar-refractivity contribution in [3.05, 3.63) is 29.8 Å². The van der Waals surface area contributed by atoms with Gasteiger partial charge in [-0.1, -0.05) is 32.9 Å². The van der Waals surface area contributed by atoms with Gasteiger partial charge in [0.05, 0.1) is 0 Å². The van der Waals surface area contributed by atoms with E-state index in [0.29, 0.717) is 10.9 Å². The van der Waals surface area contributed by atoms with Crippen LogP contribution in [0.25, 0.3) is 0 Å². The first-order valence-electron chi connectivity index (χ1n) is 5.85. The molecule has 1 aliphatic heterocycles. The highest BCUT2D eigenvalue weighted by Crippen LogP contribution is 2.27. The minimum atomic E-state index is 0. The molecule has 16 heavy (non-hydrogen) atoms. The molecule has 2 rings (SSSR count). The van der Waals surface area contributed by atoms with Crippen molar-refractivity contribution in [2.75, 3.05) is 11.5 Å². The molecule has 1 aliphatic rings. The summed E-state index contributed by atoms with van der Waals surface area (Å²) in [6, 6.07) is 9.35. The van der Waals surface area contributed by atoms with E-state index in [9.17, 15) is 0 Å². The number of halogens is 1. The van der Waals surface area contributed by atoms with Crippen molar-refractivity contribution in [3.63, 3.8) is 0 Å². The van der Waals surface area contributed by atoms with E-state index in [1.165, 1.54) is 29.9 Å². The molecule has 1 heterocycles. The Morgan fingerprint density at radius 1 is 0.938 bits per heavy atom. The Kier molecular flexibility index (Phi) is 4.93. The van der Waals surface area contributed by atoms with Gasteiger partial charge in [-0.3, -0.25) is 0 Å². The van der Waals surface area contributed by atoms with Crippen molar-refractivity contribution in [1.29, 1.82) is 0 Å². The number of benzene rings is 1. The molecule has 0 unspecified atom stereocenters. The summed E-state index contributed by atoms with van der Waals surface area (Å²) in [4.78, 5) is 1.58. The molecule has 90 valence electrons. The van der Waals surface area contributed by atoms with Gasteiger partial charge in [-0.25, -0.2) is 0 Å². The third-order valence-corrected chi connectivity index (χ3v) is 5.59. The molecule has 0 aromatic heterocycles. The monoisotopic (exact) mass is 300 g/mol. The molecule has 0 saturated carbocycles. The average molecular weight is 301 g/mol. The van der Waals surface area contributed by atoms with Gasteiger partial charge >= 0.3 is 0 Å². The van der Waals surface area contributed by atoms with Crippen LogP contribution in [0.4, 0.5) is 0 Å². The fraction of sp³-hybridized carbons (Fsp3) is 0.571. The highest BCUT2D eigenvalue weighted by molar-refractivity contribution is 7.97. The summed E-state index contributed by atoms with van der Waals surface area (Å²) in [5, 5.41) is 0. The molecular weight excluding hydrogens is 280 g/mol. The maximum atomic E-state index is 2.36. The predicted octanol–water partition coefficient (Wildman–Crippen LogP) is 0.759. The highest BCUT2D eigenvalue weighted by atomic mass is 79.9. The van der Waals surface area contributed by atoms with Gasteiger partial charge < -0.3 is 17.0 Å². The second kappa shape index (κ2) is 5.59. The summed E-state index contributed by atoms with van der Waals surface area (Å²) >= 11 is 0. The zero-order chi connectivity index (χ0) is 10.9. The van der Waals surface area contributed by atoms with Crippen LogP contribution in [0.3, 0.4) is 0 Å². The molecule has 1 aromatic carbocycles. The molecule has 0 bridgehead atoms. The van der Waals surface area contributed by atoms with Gasteiger partial charge in [0, 0.05) is 10.9 Å². The zero-order valence-electron chi connectivity index (χ0n) is 10.4. The summed E-state index contributed by atoms with van der Waals surface area (Å²) in [6.07, 6.45) is 2.87. The van der Waals surface area contributed by atoms with Crippen LogP contribution < -0.4 is 17.0 Å². The quantitative estimate of drug-likeness (QED) is 0.672. The first kappa shape index (κ1) is 14.1. The van der Waals surface area contributed by atoms with Gasteiger partial charge in [-0.05, 0) is 36.0 Å². The second-order valence-electron chi connectivity index (χ2n) is 5.38. The highest BCUT2D eigenvalue weighted by Gasteiger charge is 2.26. The summed E-state index contributed by atoms with van der Waals surface area (Å²) in [6.45, 7) is 6.83. The van der Waals surface area contributed by atoms with E-state index < -0.39 is 0 Å². The second-order valence-corrected chi connectivity index (χ2v) is 7.66. The lowest BCUT2D eigenvalue weighted by Gasteiger charge is -2.18. The summed E-state index contributed by atoms with van der Waals surface area (Å²) in [5.74, 6) is 2.85. The Hall–Kier alpha value is 0.0500. The van der Waals surface area contributed by atoms with Gasteiger partial charge in [-0.2, -0.15) is 0 Å². The molecule has 0 nitrogen and oxygen atoms in total. The lowest BCUT2D eigenvalue weighted by Crippen LogP contribution is -3.00. The van der Waals surface area contributed by atoms with Crippen LogP contribution in [-0.2, 0) is 16.3 Å². The molecule has 0 amide bonds. The minimum Gasteiger partial charge on any atom is -1.00 e. The smallest absolute Gasteiger partial charge is 0.154 e. The van der Waals surface area contributed by atoms with Crippen LogP contribution in [0.5, 0.6) is 0 Å². The Morgan fingerprint density at radius 2 is 1.44 bits per heavy atom. The van der Waals surface area contributed by atoms with Gasteiger partial charge in [0.25, 0.3) is 0 Å². The summed E-state index contributed by atoms with van der Waals surface area (Å²) < 4.78 is 0. The molecule has 1 fully saturated rings. The fourth-order valence-electron chi connectivity index (χ4n) is 2.04. The van der Waals surface area contributed by atoms with Gasteiger partial charge in [0.15, 0.2) is 4.90 Å². The van der Waals surface area contributed by atoms with Crippen molar-refractivity contribution in [2.45, 2.75) is 43.9 Å². The molecule has 0 N–H and O–H groups in total. The van der Waals surface area contributed by atoms with Crippen molar-refractivity contribution in [3.8, 4) is 0 Å². The van der Waals surface area contributed by atoms with Gasteiger partial charge in [0.1, 0.15) is 11.5 Å². The Balaban J connectivity index is 0.00000128. The van der Waals surface area contributed by atoms with Crippen LogP contribution >= 0.6 is 0 Å². The predicted molar refractivity (Wildman–Crippen MR) is 69.7 cm³/mol. The van der Waals surface area contributed by atoms with E-state index in [4.69, 9.17) is 0 Å². The summed E-state index contributed by atoms with van der Waals surface area (Å²) in [7, 11) is 0.574. The molecule has 0 aliphatic carbocycles. The lowest BCUT2D eigenvalue weighted by molar-refractivity contribution is -0.00000355. The van der Waals surface area contributed by atoms with E-state index in [0.717, 1.165) is 0 Å². The van der Waals surface area contributed by atoms with Crippen LogP contribution in [0.15, 0.2) is 29.2 Å². The van der Waals surface area contributed by atoms with Gasteiger partial charge in [-0.15, -0.1) is 0 Å². The SMILES string of the molecule is CC(C)(C)c1ccc([S+]2CCCC2)cc1.[Br-]. The van der Waals surface area contributed by atoms with E-state index in [1.807, 2.05) is 0 Å². The Labute approximate surface area is 113 Å². The van der Waals surface area contributed by atoms with Gasteiger partial charge in [0.2, 0.25) is 0 Å². The molecule has 0 atom stereocenters. The maximum absolute atomic E-state index is 2.36. The normalized spacial score (nSPS) is 17.2.